The molecule has 25 heavy (non-hydrogen) atoms. The quantitative estimate of drug-likeness (QED) is 0.507. The van der Waals surface area contributed by atoms with Gasteiger partial charge in [0, 0.05) is 11.6 Å². The van der Waals surface area contributed by atoms with E-state index in [0.29, 0.717) is 21.5 Å². The van der Waals surface area contributed by atoms with Gasteiger partial charge >= 0.3 is 5.97 Å². The fourth-order valence-corrected chi connectivity index (χ4v) is 3.46. The molecule has 0 spiro atoms. The lowest BCUT2D eigenvalue weighted by molar-refractivity contribution is -0.145. The number of nitrogens with zero attached hydrogens (tertiary/aromatic N) is 1. The summed E-state index contributed by atoms with van der Waals surface area (Å²) < 4.78 is 16.0. The molecule has 0 N–H and O–H groups in total. The molecule has 0 aliphatic carbocycles. The standard InChI is InChI=1S/C16H16BrNO6S/c1-4-24-14(19)8-18-15(20)13(25-16(18)21)6-9-5-10(17)12(23-3)7-11(9)22-2/h5-7H,4,8H2,1-3H3. The number of carbonyl (C=O) groups excluding carboxylic acids is 3. The Balaban J connectivity index is 2.30. The van der Waals surface area contributed by atoms with Gasteiger partial charge in [0.25, 0.3) is 11.1 Å². The van der Waals surface area contributed by atoms with Crippen LogP contribution in [0.25, 0.3) is 6.08 Å². The molecule has 2 amide bonds. The smallest absolute Gasteiger partial charge is 0.326 e. The number of ether oxygens (including phenoxy) is 3. The summed E-state index contributed by atoms with van der Waals surface area (Å²) in [6, 6.07) is 3.38. The molecule has 0 atom stereocenters. The lowest BCUT2D eigenvalue weighted by Crippen LogP contribution is -2.34. The van der Waals surface area contributed by atoms with E-state index in [-0.39, 0.29) is 11.5 Å². The van der Waals surface area contributed by atoms with Gasteiger partial charge in [-0.15, -0.1) is 0 Å². The van der Waals surface area contributed by atoms with Crippen molar-refractivity contribution in [3.05, 3.63) is 27.1 Å². The normalized spacial score (nSPS) is 15.7. The van der Waals surface area contributed by atoms with Gasteiger partial charge in [0.05, 0.1) is 30.2 Å². The van der Waals surface area contributed by atoms with Gasteiger partial charge in [0.2, 0.25) is 0 Å². The topological polar surface area (TPSA) is 82.1 Å². The largest absolute Gasteiger partial charge is 0.496 e. The van der Waals surface area contributed by atoms with Crippen molar-refractivity contribution in [3.63, 3.8) is 0 Å². The minimum atomic E-state index is -0.629. The third kappa shape index (κ3) is 4.35. The molecule has 1 aromatic carbocycles. The van der Waals surface area contributed by atoms with Gasteiger partial charge in [-0.05, 0) is 46.8 Å². The molecule has 2 rings (SSSR count). The Labute approximate surface area is 157 Å². The molecule has 0 radical (unpaired) electrons. The van der Waals surface area contributed by atoms with E-state index >= 15 is 0 Å². The maximum absolute atomic E-state index is 12.4. The number of amides is 2. The van der Waals surface area contributed by atoms with E-state index in [0.717, 1.165) is 16.7 Å². The zero-order valence-corrected chi connectivity index (χ0v) is 16.2. The minimum absolute atomic E-state index is 0.183. The van der Waals surface area contributed by atoms with E-state index in [4.69, 9.17) is 14.2 Å². The van der Waals surface area contributed by atoms with Crippen molar-refractivity contribution in [1.82, 2.24) is 4.90 Å². The van der Waals surface area contributed by atoms with Crippen molar-refractivity contribution in [2.45, 2.75) is 6.92 Å². The fraction of sp³-hybridized carbons (Fsp3) is 0.312. The van der Waals surface area contributed by atoms with Crippen LogP contribution in [0.15, 0.2) is 21.5 Å². The average Bonchev–Trinajstić information content (AvgIpc) is 2.83. The fourth-order valence-electron chi connectivity index (χ4n) is 2.11. The zero-order valence-electron chi connectivity index (χ0n) is 13.8. The number of methoxy groups -OCH3 is 2. The Bertz CT molecular complexity index is 748. The number of rotatable bonds is 6. The van der Waals surface area contributed by atoms with Gasteiger partial charge in [0.1, 0.15) is 18.0 Å². The maximum atomic E-state index is 12.4. The first-order valence-corrected chi connectivity index (χ1v) is 8.84. The van der Waals surface area contributed by atoms with Crippen LogP contribution in [0.5, 0.6) is 11.5 Å². The Morgan fingerprint density at radius 3 is 2.52 bits per heavy atom. The summed E-state index contributed by atoms with van der Waals surface area (Å²) in [5, 5.41) is -0.518. The van der Waals surface area contributed by atoms with E-state index in [2.05, 4.69) is 15.9 Å². The molecule has 134 valence electrons. The van der Waals surface area contributed by atoms with Crippen molar-refractivity contribution in [3.8, 4) is 11.5 Å². The second kappa shape index (κ2) is 8.39. The number of carbonyl (C=O) groups is 3. The van der Waals surface area contributed by atoms with Crippen LogP contribution in [0.3, 0.4) is 0 Å². The van der Waals surface area contributed by atoms with Crippen molar-refractivity contribution < 1.29 is 28.6 Å². The van der Waals surface area contributed by atoms with Crippen LogP contribution in [-0.2, 0) is 14.3 Å². The average molecular weight is 430 g/mol. The molecule has 1 aliphatic heterocycles. The zero-order chi connectivity index (χ0) is 18.6. The molecule has 1 aliphatic rings. The minimum Gasteiger partial charge on any atom is -0.496 e. The second-order valence-corrected chi connectivity index (χ2v) is 6.65. The lowest BCUT2D eigenvalue weighted by Gasteiger charge is -2.11. The molecule has 1 saturated heterocycles. The SMILES string of the molecule is CCOC(=O)CN1C(=O)SC(=Cc2cc(Br)c(OC)cc2OC)C1=O. The van der Waals surface area contributed by atoms with Gasteiger partial charge in [-0.2, -0.15) is 0 Å². The van der Waals surface area contributed by atoms with E-state index in [1.54, 1.807) is 25.1 Å². The Kier molecular flexibility index (Phi) is 6.49. The lowest BCUT2D eigenvalue weighted by atomic mass is 10.1. The van der Waals surface area contributed by atoms with Gasteiger partial charge in [-0.1, -0.05) is 0 Å². The monoisotopic (exact) mass is 429 g/mol. The summed E-state index contributed by atoms with van der Waals surface area (Å²) in [6.45, 7) is 1.43. The van der Waals surface area contributed by atoms with Crippen LogP contribution in [0, 0.1) is 0 Å². The van der Waals surface area contributed by atoms with Gasteiger partial charge in [-0.3, -0.25) is 19.3 Å². The first-order chi connectivity index (χ1) is 11.9. The summed E-state index contributed by atoms with van der Waals surface area (Å²) in [5.41, 5.74) is 0.594. The van der Waals surface area contributed by atoms with Crippen LogP contribution in [-0.4, -0.2) is 49.4 Å². The van der Waals surface area contributed by atoms with Crippen LogP contribution in [0.4, 0.5) is 4.79 Å². The maximum Gasteiger partial charge on any atom is 0.326 e. The highest BCUT2D eigenvalue weighted by atomic mass is 79.9. The number of hydrogen-bond acceptors (Lipinski definition) is 7. The van der Waals surface area contributed by atoms with E-state index in [9.17, 15) is 14.4 Å². The molecule has 7 nitrogen and oxygen atoms in total. The number of hydrogen-bond donors (Lipinski definition) is 0. The van der Waals surface area contributed by atoms with Gasteiger partial charge in [0.15, 0.2) is 0 Å². The van der Waals surface area contributed by atoms with Crippen LogP contribution < -0.4 is 9.47 Å². The Morgan fingerprint density at radius 2 is 1.92 bits per heavy atom. The number of benzene rings is 1. The highest BCUT2D eigenvalue weighted by molar-refractivity contribution is 9.10. The molecule has 0 aromatic heterocycles. The molecule has 0 saturated carbocycles. The molecule has 0 bridgehead atoms. The molecule has 0 unspecified atom stereocenters. The third-order valence-corrected chi connectivity index (χ3v) is 4.78. The first kappa shape index (κ1) is 19.3. The highest BCUT2D eigenvalue weighted by Gasteiger charge is 2.36. The van der Waals surface area contributed by atoms with E-state index in [1.807, 2.05) is 0 Å². The van der Waals surface area contributed by atoms with Crippen molar-refractivity contribution >= 4 is 50.9 Å². The Hall–Kier alpha value is -2.00. The predicted molar refractivity (Wildman–Crippen MR) is 96.6 cm³/mol. The molecule has 1 fully saturated rings. The number of esters is 1. The first-order valence-electron chi connectivity index (χ1n) is 7.23. The summed E-state index contributed by atoms with van der Waals surface area (Å²) >= 11 is 4.13. The second-order valence-electron chi connectivity index (χ2n) is 4.80. The summed E-state index contributed by atoms with van der Waals surface area (Å²) in [7, 11) is 3.02. The molecule has 1 heterocycles. The van der Waals surface area contributed by atoms with Crippen LogP contribution in [0.2, 0.25) is 0 Å². The Morgan fingerprint density at radius 1 is 1.24 bits per heavy atom. The summed E-state index contributed by atoms with van der Waals surface area (Å²) in [5.74, 6) is -0.116. The van der Waals surface area contributed by atoms with Crippen molar-refractivity contribution in [1.29, 1.82) is 0 Å². The van der Waals surface area contributed by atoms with Crippen LogP contribution >= 0.6 is 27.7 Å². The number of halogens is 1. The molecule has 1 aromatic rings. The number of thioether (sulfide) groups is 1. The van der Waals surface area contributed by atoms with Gasteiger partial charge < -0.3 is 14.2 Å². The van der Waals surface area contributed by atoms with Crippen molar-refractivity contribution in [2.24, 2.45) is 0 Å². The number of imide groups is 1. The predicted octanol–water partition coefficient (Wildman–Crippen LogP) is 3.07. The molecular formula is C16H16BrNO6S. The third-order valence-electron chi connectivity index (χ3n) is 3.26. The summed E-state index contributed by atoms with van der Waals surface area (Å²) in [4.78, 5) is 37.0. The van der Waals surface area contributed by atoms with Crippen LogP contribution in [0.1, 0.15) is 12.5 Å². The van der Waals surface area contributed by atoms with E-state index in [1.165, 1.54) is 14.2 Å². The van der Waals surface area contributed by atoms with Gasteiger partial charge in [-0.25, -0.2) is 0 Å². The van der Waals surface area contributed by atoms with Crippen molar-refractivity contribution in [2.75, 3.05) is 27.4 Å². The molecule has 9 heteroatoms. The summed E-state index contributed by atoms with van der Waals surface area (Å²) in [6.07, 6.45) is 1.54. The molecular weight excluding hydrogens is 414 g/mol. The highest BCUT2D eigenvalue weighted by Crippen LogP contribution is 2.37. The van der Waals surface area contributed by atoms with E-state index < -0.39 is 23.7 Å².